The molecule has 2 N–H and O–H groups in total. The van der Waals surface area contributed by atoms with Crippen LogP contribution >= 0.6 is 0 Å². The molecular weight excluding hydrogens is 371 g/mol. The molecule has 2 aromatic rings. The molecule has 144 valence electrons. The van der Waals surface area contributed by atoms with Crippen molar-refractivity contribution in [2.24, 2.45) is 0 Å². The first-order valence-electron chi connectivity index (χ1n) is 8.61. The fourth-order valence-electron chi connectivity index (χ4n) is 2.81. The van der Waals surface area contributed by atoms with Gasteiger partial charge < -0.3 is 15.4 Å². The zero-order valence-electron chi connectivity index (χ0n) is 14.7. The zero-order chi connectivity index (χ0) is 19.3. The van der Waals surface area contributed by atoms with Crippen LogP contribution in [0.25, 0.3) is 0 Å². The average molecular weight is 392 g/mol. The molecule has 0 bridgehead atoms. The number of carbonyl (C=O) groups excluding carboxylic acids is 1. The van der Waals surface area contributed by atoms with Gasteiger partial charge in [0.1, 0.15) is 18.2 Å². The van der Waals surface area contributed by atoms with Crippen LogP contribution in [0.5, 0.6) is 5.75 Å². The van der Waals surface area contributed by atoms with Crippen molar-refractivity contribution in [3.63, 3.8) is 0 Å². The summed E-state index contributed by atoms with van der Waals surface area (Å²) in [5, 5.41) is 5.72. The zero-order valence-corrected chi connectivity index (χ0v) is 15.5. The van der Waals surface area contributed by atoms with Crippen LogP contribution in [-0.4, -0.2) is 38.4 Å². The first kappa shape index (κ1) is 19.2. The van der Waals surface area contributed by atoms with E-state index in [0.29, 0.717) is 24.5 Å². The molecule has 3 rings (SSSR count). The highest BCUT2D eigenvalue weighted by atomic mass is 32.2. The molecule has 0 radical (unpaired) electrons. The van der Waals surface area contributed by atoms with Gasteiger partial charge >= 0.3 is 0 Å². The molecule has 2 aromatic carbocycles. The van der Waals surface area contributed by atoms with Crippen LogP contribution < -0.4 is 15.4 Å². The summed E-state index contributed by atoms with van der Waals surface area (Å²) in [7, 11) is -3.02. The van der Waals surface area contributed by atoms with E-state index in [1.807, 2.05) is 0 Å². The summed E-state index contributed by atoms with van der Waals surface area (Å²) < 4.78 is 41.4. The third kappa shape index (κ3) is 5.96. The minimum Gasteiger partial charge on any atom is -0.489 e. The molecule has 27 heavy (non-hydrogen) atoms. The standard InChI is InChI=1S/C19H21FN2O4S/c20-15-6-4-14(5-7-15)12-26-18-3-1-2-16(10-18)21-11-19(23)22-17-8-9-27(24,25)13-17/h1-7,10,17,21H,8-9,11-13H2,(H,22,23). The number of sulfone groups is 1. The lowest BCUT2D eigenvalue weighted by molar-refractivity contribution is -0.119. The Labute approximate surface area is 157 Å². The quantitative estimate of drug-likeness (QED) is 0.754. The lowest BCUT2D eigenvalue weighted by atomic mass is 10.2. The minimum absolute atomic E-state index is 0.00541. The van der Waals surface area contributed by atoms with Gasteiger partial charge in [0.2, 0.25) is 5.91 Å². The van der Waals surface area contributed by atoms with Crippen LogP contribution in [0.4, 0.5) is 10.1 Å². The van der Waals surface area contributed by atoms with E-state index >= 15 is 0 Å². The molecule has 1 saturated heterocycles. The van der Waals surface area contributed by atoms with Crippen molar-refractivity contribution in [3.8, 4) is 5.75 Å². The molecule has 1 fully saturated rings. The van der Waals surface area contributed by atoms with Crippen LogP contribution in [0.15, 0.2) is 48.5 Å². The van der Waals surface area contributed by atoms with E-state index in [4.69, 9.17) is 4.74 Å². The first-order chi connectivity index (χ1) is 12.9. The lowest BCUT2D eigenvalue weighted by Gasteiger charge is -2.13. The van der Waals surface area contributed by atoms with Crippen LogP contribution in [0.2, 0.25) is 0 Å². The molecule has 1 aliphatic rings. The molecule has 1 amide bonds. The van der Waals surface area contributed by atoms with Crippen molar-refractivity contribution < 1.29 is 22.3 Å². The highest BCUT2D eigenvalue weighted by Crippen LogP contribution is 2.19. The van der Waals surface area contributed by atoms with Crippen molar-refractivity contribution in [2.45, 2.75) is 19.1 Å². The highest BCUT2D eigenvalue weighted by Gasteiger charge is 2.28. The van der Waals surface area contributed by atoms with E-state index < -0.39 is 9.84 Å². The Morgan fingerprint density at radius 3 is 2.67 bits per heavy atom. The lowest BCUT2D eigenvalue weighted by Crippen LogP contribution is -2.39. The van der Waals surface area contributed by atoms with Gasteiger partial charge in [-0.2, -0.15) is 0 Å². The van der Waals surface area contributed by atoms with Crippen molar-refractivity contribution in [1.82, 2.24) is 5.32 Å². The molecule has 6 nitrogen and oxygen atoms in total. The summed E-state index contributed by atoms with van der Waals surface area (Å²) in [5.41, 5.74) is 1.56. The molecule has 1 unspecified atom stereocenters. The number of rotatable bonds is 7. The van der Waals surface area contributed by atoms with E-state index in [1.165, 1.54) is 12.1 Å². The Morgan fingerprint density at radius 2 is 1.96 bits per heavy atom. The van der Waals surface area contributed by atoms with Gasteiger partial charge in [-0.05, 0) is 36.2 Å². The van der Waals surface area contributed by atoms with Gasteiger partial charge in [-0.15, -0.1) is 0 Å². The van der Waals surface area contributed by atoms with Gasteiger partial charge in [-0.3, -0.25) is 4.79 Å². The number of amides is 1. The molecule has 0 spiro atoms. The second-order valence-electron chi connectivity index (χ2n) is 6.46. The number of halogens is 1. The van der Waals surface area contributed by atoms with E-state index in [0.717, 1.165) is 5.56 Å². The van der Waals surface area contributed by atoms with Crippen molar-refractivity contribution in [2.75, 3.05) is 23.4 Å². The monoisotopic (exact) mass is 392 g/mol. The Kier molecular flexibility index (Phi) is 5.95. The maximum atomic E-state index is 12.9. The largest absolute Gasteiger partial charge is 0.489 e. The van der Waals surface area contributed by atoms with Gasteiger partial charge in [0.15, 0.2) is 9.84 Å². The summed E-state index contributed by atoms with van der Waals surface area (Å²) >= 11 is 0. The van der Waals surface area contributed by atoms with Gasteiger partial charge in [0.05, 0.1) is 18.1 Å². The van der Waals surface area contributed by atoms with Crippen molar-refractivity contribution >= 4 is 21.4 Å². The minimum atomic E-state index is -3.02. The normalized spacial score (nSPS) is 18.0. The maximum Gasteiger partial charge on any atom is 0.239 e. The van der Waals surface area contributed by atoms with Gasteiger partial charge in [-0.25, -0.2) is 12.8 Å². The van der Waals surface area contributed by atoms with E-state index in [9.17, 15) is 17.6 Å². The maximum absolute atomic E-state index is 12.9. The van der Waals surface area contributed by atoms with Crippen LogP contribution in [-0.2, 0) is 21.2 Å². The molecule has 0 aromatic heterocycles. The van der Waals surface area contributed by atoms with E-state index in [2.05, 4.69) is 10.6 Å². The Balaban J connectivity index is 1.47. The highest BCUT2D eigenvalue weighted by molar-refractivity contribution is 7.91. The predicted molar refractivity (Wildman–Crippen MR) is 101 cm³/mol. The summed E-state index contributed by atoms with van der Waals surface area (Å²) in [6.45, 7) is 0.346. The van der Waals surface area contributed by atoms with Crippen molar-refractivity contribution in [3.05, 3.63) is 59.9 Å². The molecule has 8 heteroatoms. The van der Waals surface area contributed by atoms with E-state index in [-0.39, 0.29) is 35.8 Å². The predicted octanol–water partition coefficient (Wildman–Crippen LogP) is 2.12. The van der Waals surface area contributed by atoms with Gasteiger partial charge in [0, 0.05) is 17.8 Å². The number of hydrogen-bond donors (Lipinski definition) is 2. The summed E-state index contributed by atoms with van der Waals surface area (Å²) in [6, 6.07) is 12.9. The number of carbonyl (C=O) groups is 1. The summed E-state index contributed by atoms with van der Waals surface area (Å²) in [5.74, 6) is 0.198. The smallest absolute Gasteiger partial charge is 0.239 e. The Bertz CT molecular complexity index is 900. The molecule has 0 aliphatic carbocycles. The fourth-order valence-corrected chi connectivity index (χ4v) is 4.49. The SMILES string of the molecule is O=C(CNc1cccc(OCc2ccc(F)cc2)c1)NC1CCS(=O)(=O)C1. The van der Waals surface area contributed by atoms with Crippen LogP contribution in [0, 0.1) is 5.82 Å². The second-order valence-corrected chi connectivity index (χ2v) is 8.69. The number of ether oxygens (including phenoxy) is 1. The van der Waals surface area contributed by atoms with Crippen LogP contribution in [0.1, 0.15) is 12.0 Å². The molecule has 0 saturated carbocycles. The molecular formula is C19H21FN2O4S. The fraction of sp³-hybridized carbons (Fsp3) is 0.316. The van der Waals surface area contributed by atoms with Gasteiger partial charge in [0.25, 0.3) is 0 Å². The second kappa shape index (κ2) is 8.39. The number of nitrogens with one attached hydrogen (secondary N) is 2. The third-order valence-electron chi connectivity index (χ3n) is 4.20. The number of benzene rings is 2. The summed E-state index contributed by atoms with van der Waals surface area (Å²) in [4.78, 5) is 12.0. The third-order valence-corrected chi connectivity index (χ3v) is 5.97. The van der Waals surface area contributed by atoms with Crippen molar-refractivity contribution in [1.29, 1.82) is 0 Å². The Hall–Kier alpha value is -2.61. The summed E-state index contributed by atoms with van der Waals surface area (Å²) in [6.07, 6.45) is 0.459. The first-order valence-corrected chi connectivity index (χ1v) is 10.4. The molecule has 1 heterocycles. The molecule has 1 aliphatic heterocycles. The number of hydrogen-bond acceptors (Lipinski definition) is 5. The number of anilines is 1. The van der Waals surface area contributed by atoms with Gasteiger partial charge in [-0.1, -0.05) is 18.2 Å². The average Bonchev–Trinajstić information content (AvgIpc) is 2.98. The topological polar surface area (TPSA) is 84.5 Å². The van der Waals surface area contributed by atoms with Crippen LogP contribution in [0.3, 0.4) is 0 Å². The molecule has 1 atom stereocenters. The van der Waals surface area contributed by atoms with E-state index in [1.54, 1.807) is 36.4 Å². The Morgan fingerprint density at radius 1 is 1.19 bits per heavy atom.